The quantitative estimate of drug-likeness (QED) is 0.0153. The third-order valence-corrected chi connectivity index (χ3v) is 21.1. The largest absolute Gasteiger partial charge is 0.481 e. The zero-order chi connectivity index (χ0) is 103. The average Bonchev–Trinajstić information content (AvgIpc) is 1.07. The molecule has 18 atom stereocenters. The lowest BCUT2D eigenvalue weighted by atomic mass is 9.96. The van der Waals surface area contributed by atoms with Gasteiger partial charge in [-0.15, -0.1) is 0 Å². The van der Waals surface area contributed by atoms with Crippen molar-refractivity contribution < 1.29 is 136 Å². The van der Waals surface area contributed by atoms with Crippen molar-refractivity contribution in [1.29, 1.82) is 10.8 Å². The Kier molecular flexibility index (Phi) is 58.7. The molecule has 762 valence electrons. The molecule has 0 bridgehead atoms. The van der Waals surface area contributed by atoms with E-state index in [-0.39, 0.29) is 115 Å². The summed E-state index contributed by atoms with van der Waals surface area (Å²) < 4.78 is 0. The Morgan fingerprint density at radius 2 is 0.600 bits per heavy atom. The molecule has 0 saturated carbocycles. The minimum Gasteiger partial charge on any atom is -0.481 e. The second kappa shape index (κ2) is 65.2. The number of thioether (sulfide) groups is 1. The summed E-state index contributed by atoms with van der Waals surface area (Å²) in [6.07, 6.45) is -6.45. The maximum absolute atomic E-state index is 14.8. The molecule has 0 aromatic carbocycles. The molecule has 0 fully saturated rings. The van der Waals surface area contributed by atoms with Gasteiger partial charge in [0.2, 0.25) is 112 Å². The van der Waals surface area contributed by atoms with Crippen LogP contribution in [0.5, 0.6) is 0 Å². The number of aliphatic hydroxyl groups is 1. The fourth-order valence-corrected chi connectivity index (χ4v) is 13.0. The minimum atomic E-state index is -2.12. The highest BCUT2D eigenvalue weighted by Crippen LogP contribution is 2.17. The Labute approximate surface area is 780 Å². The van der Waals surface area contributed by atoms with E-state index in [2.05, 4.69) is 85.1 Å². The molecule has 0 aliphatic rings. The lowest BCUT2D eigenvalue weighted by Crippen LogP contribution is -2.62. The van der Waals surface area contributed by atoms with E-state index in [1.807, 2.05) is 5.32 Å². The number of hydrogen-bond acceptors (Lipinski definition) is 30. The van der Waals surface area contributed by atoms with Gasteiger partial charge in [-0.1, -0.05) is 40.5 Å². The van der Waals surface area contributed by atoms with Crippen LogP contribution in [0.3, 0.4) is 0 Å². The fourth-order valence-electron chi connectivity index (χ4n) is 12.5. The summed E-state index contributed by atoms with van der Waals surface area (Å²) in [6.45, 7) is 5.87. The van der Waals surface area contributed by atoms with Gasteiger partial charge in [0.1, 0.15) is 90.6 Å². The topological polar surface area (TPSA) is 980 Å². The number of primary amides is 4. The van der Waals surface area contributed by atoms with Gasteiger partial charge in [0.15, 0.2) is 11.9 Å². The molecule has 42 N–H and O–H groups in total. The van der Waals surface area contributed by atoms with E-state index >= 15 is 0 Å². The highest BCUT2D eigenvalue weighted by Gasteiger charge is 2.41. The van der Waals surface area contributed by atoms with Crippen LogP contribution in [0.25, 0.3) is 0 Å². The summed E-state index contributed by atoms with van der Waals surface area (Å²) >= 11 is 1.17. The van der Waals surface area contributed by atoms with Crippen LogP contribution < -0.4 is 142 Å². The van der Waals surface area contributed by atoms with Crippen molar-refractivity contribution in [2.45, 2.75) is 279 Å². The van der Waals surface area contributed by atoms with Gasteiger partial charge in [-0.25, -0.2) is 4.79 Å². The minimum absolute atomic E-state index is 0.0459. The summed E-state index contributed by atoms with van der Waals surface area (Å²) in [6, 6.07) is -28.5. The molecule has 57 heteroatoms. The summed E-state index contributed by atoms with van der Waals surface area (Å²) in [7, 11) is 0. The van der Waals surface area contributed by atoms with Gasteiger partial charge in [-0.2, -0.15) is 11.8 Å². The molecule has 0 aromatic rings. The molecular weight excluding hydrogens is 1810 g/mol. The third kappa shape index (κ3) is 50.3. The number of carbonyl (C=O) groups is 23. The van der Waals surface area contributed by atoms with Crippen molar-refractivity contribution in [2.24, 2.45) is 63.4 Å². The SMILES string of the molecule is CC[C@H](C)[C@H](NC(=O)[C@H](CCC(N)=O)NC(=O)[C@H](CCCNC(=N)N)NC(=O)[C@H](CC(N)=O)NC(=O)[C@@H](N)CCC(N)=O)C(=O)N[C@@H](CC(=O)O)C(=O)N[C@@H](CCCNC(=N)N)C(=O)N[C@H](C(=O)N[C@@H](CCSC)C(=O)N[C@@H](CCC(=O)O)C(=O)N[C@@H](CCCCN)C(=O)N[C@@H](C)C(=O)N[C@@H](CC(=O)O)C(=O)N[C@@H](CO)C(=O)N[C@@H](CC(N)=O)C(=O)N[C@@H](CCCCN)C(=O)O)[C@@H](C)CC. The molecule has 0 radical (unpaired) electrons. The molecule has 56 nitrogen and oxygen atoms in total. The van der Waals surface area contributed by atoms with Gasteiger partial charge in [0, 0.05) is 32.4 Å². The normalized spacial score (nSPS) is 14.9. The van der Waals surface area contributed by atoms with Crippen molar-refractivity contribution in [3.63, 3.8) is 0 Å². The van der Waals surface area contributed by atoms with Gasteiger partial charge in [-0.05, 0) is 134 Å². The maximum Gasteiger partial charge on any atom is 0.326 e. The monoisotopic (exact) mass is 1940 g/mol. The van der Waals surface area contributed by atoms with E-state index in [1.165, 1.54) is 25.6 Å². The summed E-state index contributed by atoms with van der Waals surface area (Å²) in [5, 5.41) is 104. The van der Waals surface area contributed by atoms with Crippen molar-refractivity contribution in [3.05, 3.63) is 0 Å². The fraction of sp³-hybridized carbons (Fsp3) is 0.679. The van der Waals surface area contributed by atoms with Crippen LogP contribution in [0.1, 0.15) is 182 Å². The first-order valence-corrected chi connectivity index (χ1v) is 44.7. The van der Waals surface area contributed by atoms with Crippen molar-refractivity contribution >= 4 is 160 Å². The Hall–Kier alpha value is -13.5. The Morgan fingerprint density at radius 1 is 0.311 bits per heavy atom. The summed E-state index contributed by atoms with van der Waals surface area (Å²) in [4.78, 5) is 308. The first-order valence-electron chi connectivity index (χ1n) is 43.3. The Morgan fingerprint density at radius 3 is 0.948 bits per heavy atom. The zero-order valence-corrected chi connectivity index (χ0v) is 76.9. The predicted octanol–water partition coefficient (Wildman–Crippen LogP) is -12.6. The van der Waals surface area contributed by atoms with Gasteiger partial charge < -0.3 is 168 Å². The molecule has 19 amide bonds. The third-order valence-electron chi connectivity index (χ3n) is 20.5. The highest BCUT2D eigenvalue weighted by molar-refractivity contribution is 7.98. The second-order valence-electron chi connectivity index (χ2n) is 31.6. The van der Waals surface area contributed by atoms with Crippen LogP contribution in [0.15, 0.2) is 0 Å². The lowest BCUT2D eigenvalue weighted by molar-refractivity contribution is -0.143. The maximum atomic E-state index is 14.8. The van der Waals surface area contributed by atoms with Crippen LogP contribution in [0.4, 0.5) is 0 Å². The van der Waals surface area contributed by atoms with Gasteiger partial charge in [0.25, 0.3) is 0 Å². The van der Waals surface area contributed by atoms with Gasteiger partial charge in [-0.3, -0.25) is 116 Å². The number of aliphatic hydroxyl groups excluding tert-OH is 1. The number of guanidine groups is 2. The molecule has 0 aromatic heterocycles. The van der Waals surface area contributed by atoms with E-state index < -0.39 is 321 Å². The number of carboxylic acids is 4. The number of aliphatic carboxylic acids is 4. The number of rotatable bonds is 72. The van der Waals surface area contributed by atoms with Crippen molar-refractivity contribution in [1.82, 2.24) is 90.4 Å². The van der Waals surface area contributed by atoms with Crippen LogP contribution in [-0.4, -0.2) is 315 Å². The molecule has 0 rings (SSSR count). The lowest BCUT2D eigenvalue weighted by Gasteiger charge is -2.30. The van der Waals surface area contributed by atoms with Crippen molar-refractivity contribution in [2.75, 3.05) is 44.8 Å². The average molecular weight is 1950 g/mol. The number of amides is 19. The van der Waals surface area contributed by atoms with E-state index in [0.29, 0.717) is 6.42 Å². The first-order chi connectivity index (χ1) is 63.3. The molecule has 0 heterocycles. The van der Waals surface area contributed by atoms with Gasteiger partial charge >= 0.3 is 23.9 Å². The summed E-state index contributed by atoms with van der Waals surface area (Å²) in [5.41, 5.74) is 49.3. The Bertz CT molecular complexity index is 4100. The van der Waals surface area contributed by atoms with Crippen molar-refractivity contribution in [3.8, 4) is 0 Å². The smallest absolute Gasteiger partial charge is 0.326 e. The van der Waals surface area contributed by atoms with Crippen LogP contribution in [0.2, 0.25) is 0 Å². The molecule has 135 heavy (non-hydrogen) atoms. The highest BCUT2D eigenvalue weighted by atomic mass is 32.2. The molecule has 0 spiro atoms. The van der Waals surface area contributed by atoms with E-state index in [1.54, 1.807) is 20.1 Å². The standard InChI is InChI=1S/C78H136N28O28S/c1-7-36(3)59(74(131)98-45(25-30-135-6)66(123)97-44(21-24-56(112)113)65(122)93-40(15-9-11-26-79)63(120)92-38(5)61(118)100-49(33-57(114)115)72(129)104-51(35-107)73(130)102-48(32-55(85)111)70(127)99-46(76(133)134)16-10-12-27-80)105-67(124)42(18-14-29-91-78(88)89)95-71(128)50(34-58(116)117)103-75(132)60(37(4)8-2)106-68(125)43(20-23-53(83)109)96-64(121)41(17-13-28-90-77(86)87)94-69(126)47(31-54(84)110)101-62(119)39(81)19-22-52(82)108/h36-51,59-60,107H,7-35,79-81H2,1-6H3,(H2,82,108)(H2,83,109)(H2,84,110)(H2,85,111)(H,92,120)(H,93,122)(H,94,126)(H,95,128)(H,96,121)(H,97,123)(H,98,131)(H,99,127)(H,100,118)(H,101,119)(H,102,130)(H,103,132)(H,104,129)(H,105,124)(H,106,125)(H,112,113)(H,114,115)(H,116,117)(H,133,134)(H4,86,87,90)(H4,88,89,91)/t36-,37-,38-,39-,40-,41-,42-,43-,44-,45-,46-,47-,48-,49-,50-,51-,59-,60-/m0/s1. The predicted molar refractivity (Wildman–Crippen MR) is 479 cm³/mol. The number of carboxylic acid groups (broad SMARTS) is 4. The number of unbranched alkanes of at least 4 members (excludes halogenated alkanes) is 2. The van der Waals surface area contributed by atoms with Crippen LogP contribution in [0, 0.1) is 22.7 Å². The first kappa shape index (κ1) is 122. The number of nitrogens with two attached hydrogens (primary N) is 9. The Balaban J connectivity index is 7.45. The molecule has 0 aliphatic heterocycles. The number of nitrogens with one attached hydrogen (secondary N) is 19. The molecule has 0 aliphatic carbocycles. The van der Waals surface area contributed by atoms with E-state index in [9.17, 15) is 136 Å². The van der Waals surface area contributed by atoms with Crippen LogP contribution >= 0.6 is 11.8 Å². The zero-order valence-electron chi connectivity index (χ0n) is 76.1. The molecular formula is C78H136N28O28S. The number of carbonyl (C=O) groups excluding carboxylic acids is 19. The summed E-state index contributed by atoms with van der Waals surface area (Å²) in [5.74, 6) is -31.5. The van der Waals surface area contributed by atoms with Crippen LogP contribution in [-0.2, 0) is 110 Å². The number of hydrogen-bond donors (Lipinski definition) is 33. The molecule has 0 saturated heterocycles. The van der Waals surface area contributed by atoms with E-state index in [0.717, 1.165) is 6.92 Å². The second-order valence-corrected chi connectivity index (χ2v) is 32.6. The van der Waals surface area contributed by atoms with Gasteiger partial charge in [0.05, 0.1) is 38.3 Å². The van der Waals surface area contributed by atoms with E-state index in [4.69, 9.17) is 62.4 Å². The molecule has 0 unspecified atom stereocenters.